The Morgan fingerprint density at radius 1 is 1.41 bits per heavy atom. The highest BCUT2D eigenvalue weighted by molar-refractivity contribution is 5.94. The number of aliphatic hydroxyl groups is 1. The van der Waals surface area contributed by atoms with Crippen molar-refractivity contribution in [1.82, 2.24) is 4.90 Å². The standard InChI is InChI=1S/C12H20N2O3/c1-8(15)9(10(13)16)14-7-12(11(14)17)5-3-2-4-6-12/h8-9,15H,2-7H2,1H3,(H2,13,16)/t8-,9+/m1/s1. The second-order valence-corrected chi connectivity index (χ2v) is 5.36. The van der Waals surface area contributed by atoms with E-state index in [1.54, 1.807) is 0 Å². The lowest BCUT2D eigenvalue weighted by Crippen LogP contribution is -2.69. The number of nitrogens with two attached hydrogens (primary N) is 1. The summed E-state index contributed by atoms with van der Waals surface area (Å²) >= 11 is 0. The molecule has 2 amide bonds. The first-order valence-electron chi connectivity index (χ1n) is 6.26. The molecular formula is C12H20N2O3. The molecule has 0 aromatic carbocycles. The number of β-lactam (4-membered cyclic amide) rings is 1. The molecule has 0 unspecified atom stereocenters. The first kappa shape index (κ1) is 12.4. The van der Waals surface area contributed by atoms with Crippen molar-refractivity contribution < 1.29 is 14.7 Å². The van der Waals surface area contributed by atoms with E-state index in [4.69, 9.17) is 5.73 Å². The fourth-order valence-corrected chi connectivity index (χ4v) is 3.16. The number of amides is 2. The maximum absolute atomic E-state index is 12.2. The van der Waals surface area contributed by atoms with Gasteiger partial charge in [0.25, 0.3) is 0 Å². The predicted octanol–water partition coefficient (Wildman–Crippen LogP) is 0.0138. The third-order valence-electron chi connectivity index (χ3n) is 4.08. The van der Waals surface area contributed by atoms with Gasteiger partial charge in [-0.3, -0.25) is 9.59 Å². The van der Waals surface area contributed by atoms with Gasteiger partial charge < -0.3 is 15.7 Å². The Morgan fingerprint density at radius 3 is 2.41 bits per heavy atom. The van der Waals surface area contributed by atoms with E-state index in [9.17, 15) is 14.7 Å². The van der Waals surface area contributed by atoms with Crippen LogP contribution >= 0.6 is 0 Å². The summed E-state index contributed by atoms with van der Waals surface area (Å²) in [5.74, 6) is -0.624. The van der Waals surface area contributed by atoms with Crippen molar-refractivity contribution in [1.29, 1.82) is 0 Å². The summed E-state index contributed by atoms with van der Waals surface area (Å²) in [4.78, 5) is 24.9. The smallest absolute Gasteiger partial charge is 0.242 e. The quantitative estimate of drug-likeness (QED) is 0.682. The van der Waals surface area contributed by atoms with Gasteiger partial charge in [0.05, 0.1) is 11.5 Å². The van der Waals surface area contributed by atoms with Crippen molar-refractivity contribution in [3.05, 3.63) is 0 Å². The van der Waals surface area contributed by atoms with Crippen LogP contribution in [0, 0.1) is 5.41 Å². The molecule has 0 aromatic rings. The van der Waals surface area contributed by atoms with Crippen LogP contribution in [-0.4, -0.2) is 40.5 Å². The van der Waals surface area contributed by atoms with Gasteiger partial charge in [-0.25, -0.2) is 0 Å². The van der Waals surface area contributed by atoms with Gasteiger partial charge >= 0.3 is 0 Å². The van der Waals surface area contributed by atoms with Crippen molar-refractivity contribution in [2.45, 2.75) is 51.2 Å². The number of primary amides is 1. The number of hydrogen-bond donors (Lipinski definition) is 2. The summed E-state index contributed by atoms with van der Waals surface area (Å²) in [7, 11) is 0. The lowest BCUT2D eigenvalue weighted by molar-refractivity contribution is -0.174. The molecule has 5 nitrogen and oxygen atoms in total. The highest BCUT2D eigenvalue weighted by Gasteiger charge is 2.55. The summed E-state index contributed by atoms with van der Waals surface area (Å²) in [6.07, 6.45) is 4.26. The molecule has 96 valence electrons. The molecule has 2 rings (SSSR count). The molecule has 0 aromatic heterocycles. The van der Waals surface area contributed by atoms with Crippen LogP contribution in [0.2, 0.25) is 0 Å². The molecule has 17 heavy (non-hydrogen) atoms. The third-order valence-corrected chi connectivity index (χ3v) is 4.08. The van der Waals surface area contributed by atoms with E-state index < -0.39 is 18.1 Å². The molecule has 1 heterocycles. The maximum atomic E-state index is 12.2. The molecule has 1 aliphatic carbocycles. The first-order valence-corrected chi connectivity index (χ1v) is 6.26. The molecule has 1 spiro atoms. The van der Waals surface area contributed by atoms with Gasteiger partial charge in [0.2, 0.25) is 11.8 Å². The molecule has 1 saturated heterocycles. The largest absolute Gasteiger partial charge is 0.391 e. The van der Waals surface area contributed by atoms with Crippen LogP contribution in [0.25, 0.3) is 0 Å². The van der Waals surface area contributed by atoms with Crippen molar-refractivity contribution in [2.24, 2.45) is 11.1 Å². The van der Waals surface area contributed by atoms with E-state index in [1.165, 1.54) is 18.2 Å². The lowest BCUT2D eigenvalue weighted by Gasteiger charge is -2.53. The first-order chi connectivity index (χ1) is 7.98. The fourth-order valence-electron chi connectivity index (χ4n) is 3.16. The Kier molecular flexibility index (Phi) is 3.12. The summed E-state index contributed by atoms with van der Waals surface area (Å²) in [6, 6.07) is -0.866. The van der Waals surface area contributed by atoms with E-state index >= 15 is 0 Å². The van der Waals surface area contributed by atoms with Crippen LogP contribution in [0.4, 0.5) is 0 Å². The van der Waals surface area contributed by atoms with Crippen LogP contribution in [0.5, 0.6) is 0 Å². The SMILES string of the molecule is C[C@@H](O)[C@@H](C(N)=O)N1CC2(CCCCC2)C1=O. The minimum absolute atomic E-state index is 0.00176. The highest BCUT2D eigenvalue weighted by atomic mass is 16.3. The Labute approximate surface area is 101 Å². The molecule has 2 fully saturated rings. The molecule has 0 radical (unpaired) electrons. The molecule has 2 atom stereocenters. The number of carbonyl (C=O) groups excluding carboxylic acids is 2. The number of carbonyl (C=O) groups is 2. The maximum Gasteiger partial charge on any atom is 0.242 e. The van der Waals surface area contributed by atoms with Crippen molar-refractivity contribution in [3.8, 4) is 0 Å². The summed E-state index contributed by atoms with van der Waals surface area (Å²) in [5, 5.41) is 9.53. The minimum atomic E-state index is -0.905. The normalized spacial score (nSPS) is 26.5. The van der Waals surface area contributed by atoms with Crippen LogP contribution < -0.4 is 5.73 Å². The van der Waals surface area contributed by atoms with Crippen LogP contribution in [0.1, 0.15) is 39.0 Å². The van der Waals surface area contributed by atoms with E-state index in [0.717, 1.165) is 25.7 Å². The average molecular weight is 240 g/mol. The molecule has 5 heteroatoms. The number of hydrogen-bond acceptors (Lipinski definition) is 3. The van der Waals surface area contributed by atoms with Crippen molar-refractivity contribution >= 4 is 11.8 Å². The minimum Gasteiger partial charge on any atom is -0.391 e. The number of likely N-dealkylation sites (tertiary alicyclic amines) is 1. The number of nitrogens with zero attached hydrogens (tertiary/aromatic N) is 1. The molecule has 0 bridgehead atoms. The number of aliphatic hydroxyl groups excluding tert-OH is 1. The van der Waals surface area contributed by atoms with Crippen molar-refractivity contribution in [2.75, 3.05) is 6.54 Å². The number of rotatable bonds is 3. The van der Waals surface area contributed by atoms with Crippen LogP contribution in [-0.2, 0) is 9.59 Å². The average Bonchev–Trinajstić information content (AvgIpc) is 2.28. The fraction of sp³-hybridized carbons (Fsp3) is 0.833. The predicted molar refractivity (Wildman–Crippen MR) is 61.9 cm³/mol. The highest BCUT2D eigenvalue weighted by Crippen LogP contribution is 2.45. The molecule has 1 aliphatic heterocycles. The molecule has 1 saturated carbocycles. The summed E-state index contributed by atoms with van der Waals surface area (Å²) < 4.78 is 0. The van der Waals surface area contributed by atoms with Gasteiger partial charge in [0.15, 0.2) is 0 Å². The summed E-state index contributed by atoms with van der Waals surface area (Å²) in [6.45, 7) is 2.07. The van der Waals surface area contributed by atoms with Gasteiger partial charge in [-0.05, 0) is 19.8 Å². The Bertz CT molecular complexity index is 335. The van der Waals surface area contributed by atoms with Gasteiger partial charge in [-0.2, -0.15) is 0 Å². The van der Waals surface area contributed by atoms with Gasteiger partial charge in [0, 0.05) is 6.54 Å². The zero-order chi connectivity index (χ0) is 12.6. The van der Waals surface area contributed by atoms with Gasteiger partial charge in [0.1, 0.15) is 6.04 Å². The van der Waals surface area contributed by atoms with Crippen LogP contribution in [0.15, 0.2) is 0 Å². The molecule has 3 N–H and O–H groups in total. The Hall–Kier alpha value is -1.10. The lowest BCUT2D eigenvalue weighted by atomic mass is 9.67. The Morgan fingerprint density at radius 2 is 2.00 bits per heavy atom. The summed E-state index contributed by atoms with van der Waals surface area (Å²) in [5.41, 5.74) is 4.99. The monoisotopic (exact) mass is 240 g/mol. The Balaban J connectivity index is 2.07. The van der Waals surface area contributed by atoms with Crippen molar-refractivity contribution in [3.63, 3.8) is 0 Å². The van der Waals surface area contributed by atoms with Gasteiger partial charge in [-0.1, -0.05) is 19.3 Å². The zero-order valence-corrected chi connectivity index (χ0v) is 10.2. The second-order valence-electron chi connectivity index (χ2n) is 5.36. The zero-order valence-electron chi connectivity index (χ0n) is 10.2. The van der Waals surface area contributed by atoms with E-state index in [-0.39, 0.29) is 11.3 Å². The van der Waals surface area contributed by atoms with Crippen LogP contribution in [0.3, 0.4) is 0 Å². The van der Waals surface area contributed by atoms with Gasteiger partial charge in [-0.15, -0.1) is 0 Å². The molecular weight excluding hydrogens is 220 g/mol. The second kappa shape index (κ2) is 4.29. The van der Waals surface area contributed by atoms with E-state index in [1.807, 2.05) is 0 Å². The van der Waals surface area contributed by atoms with E-state index in [0.29, 0.717) is 6.54 Å². The van der Waals surface area contributed by atoms with E-state index in [2.05, 4.69) is 0 Å². The third kappa shape index (κ3) is 1.92. The topological polar surface area (TPSA) is 83.6 Å². The molecule has 2 aliphatic rings.